The molecule has 0 aliphatic carbocycles. The van der Waals surface area contributed by atoms with E-state index in [1.807, 2.05) is 24.3 Å². The Morgan fingerprint density at radius 3 is 2.63 bits per heavy atom. The van der Waals surface area contributed by atoms with Gasteiger partial charge in [0.2, 0.25) is 0 Å². The summed E-state index contributed by atoms with van der Waals surface area (Å²) in [5, 5.41) is 7.10. The molecule has 30 heavy (non-hydrogen) atoms. The van der Waals surface area contributed by atoms with Gasteiger partial charge >= 0.3 is 0 Å². The number of guanidine groups is 1. The maximum atomic E-state index is 5.43. The standard InChI is InChI=1S/C23H34N4O3/c1-28-17-15-27-13-10-20(11-14-27)26-23(24-12-9-22-4-3-16-30-22)25-18-19-5-7-21(29-2)8-6-19/h3-8,16,20H,9-15,17-18H2,1-2H3,(H2,24,25,26). The van der Waals surface area contributed by atoms with Crippen LogP contribution in [0.1, 0.15) is 24.2 Å². The first-order chi connectivity index (χ1) is 14.8. The van der Waals surface area contributed by atoms with Crippen molar-refractivity contribution in [2.24, 2.45) is 4.99 Å². The summed E-state index contributed by atoms with van der Waals surface area (Å²) in [5.41, 5.74) is 1.15. The number of benzene rings is 1. The molecule has 1 saturated heterocycles. The molecule has 2 aromatic rings. The fourth-order valence-corrected chi connectivity index (χ4v) is 3.53. The first kappa shape index (κ1) is 22.2. The first-order valence-electron chi connectivity index (χ1n) is 10.7. The molecular formula is C23H34N4O3. The van der Waals surface area contributed by atoms with Crippen LogP contribution in [-0.4, -0.2) is 63.9 Å². The molecule has 1 aromatic heterocycles. The minimum Gasteiger partial charge on any atom is -0.497 e. The molecule has 0 unspecified atom stereocenters. The van der Waals surface area contributed by atoms with Crippen molar-refractivity contribution >= 4 is 5.96 Å². The zero-order chi connectivity index (χ0) is 21.0. The largest absolute Gasteiger partial charge is 0.497 e. The highest BCUT2D eigenvalue weighted by Crippen LogP contribution is 2.13. The van der Waals surface area contributed by atoms with Crippen molar-refractivity contribution in [3.05, 3.63) is 54.0 Å². The molecule has 7 heteroatoms. The maximum absolute atomic E-state index is 5.43. The van der Waals surface area contributed by atoms with Crippen molar-refractivity contribution in [3.8, 4) is 5.75 Å². The maximum Gasteiger partial charge on any atom is 0.191 e. The Morgan fingerprint density at radius 1 is 1.17 bits per heavy atom. The Hall–Kier alpha value is -2.51. The Bertz CT molecular complexity index is 738. The van der Waals surface area contributed by atoms with Crippen LogP contribution >= 0.6 is 0 Å². The number of hydrogen-bond acceptors (Lipinski definition) is 5. The molecule has 0 atom stereocenters. The Morgan fingerprint density at radius 2 is 1.97 bits per heavy atom. The molecule has 0 saturated carbocycles. The normalized spacial score (nSPS) is 15.9. The quantitative estimate of drug-likeness (QED) is 0.460. The fourth-order valence-electron chi connectivity index (χ4n) is 3.53. The number of nitrogens with one attached hydrogen (secondary N) is 2. The number of ether oxygens (including phenoxy) is 2. The van der Waals surface area contributed by atoms with Crippen molar-refractivity contribution in [3.63, 3.8) is 0 Å². The van der Waals surface area contributed by atoms with Crippen LogP contribution in [0.4, 0.5) is 0 Å². The number of rotatable bonds is 10. The summed E-state index contributed by atoms with van der Waals surface area (Å²) in [6, 6.07) is 12.4. The third-order valence-corrected chi connectivity index (χ3v) is 5.36. The summed E-state index contributed by atoms with van der Waals surface area (Å²) in [6.07, 6.45) is 4.74. The lowest BCUT2D eigenvalue weighted by Crippen LogP contribution is -2.49. The SMILES string of the molecule is COCCN1CCC(NC(=NCc2ccc(OC)cc2)NCCc2ccco2)CC1. The van der Waals surface area contributed by atoms with E-state index in [1.54, 1.807) is 20.5 Å². The number of nitrogens with zero attached hydrogens (tertiary/aromatic N) is 2. The number of furan rings is 1. The summed E-state index contributed by atoms with van der Waals surface area (Å²) in [4.78, 5) is 7.28. The molecule has 164 valence electrons. The fraction of sp³-hybridized carbons (Fsp3) is 0.522. The van der Waals surface area contributed by atoms with Crippen LogP contribution in [0.3, 0.4) is 0 Å². The lowest BCUT2D eigenvalue weighted by Gasteiger charge is -2.33. The summed E-state index contributed by atoms with van der Waals surface area (Å²) < 4.78 is 15.9. The molecule has 3 rings (SSSR count). The van der Waals surface area contributed by atoms with Gasteiger partial charge in [-0.2, -0.15) is 0 Å². The first-order valence-corrected chi connectivity index (χ1v) is 10.7. The topological polar surface area (TPSA) is 71.3 Å². The second-order valence-corrected chi connectivity index (χ2v) is 7.52. The molecule has 0 amide bonds. The van der Waals surface area contributed by atoms with E-state index in [0.717, 1.165) is 75.1 Å². The van der Waals surface area contributed by atoms with Gasteiger partial charge in [0.05, 0.1) is 26.5 Å². The van der Waals surface area contributed by atoms with Crippen molar-refractivity contribution in [2.75, 3.05) is 47.0 Å². The molecular weight excluding hydrogens is 380 g/mol. The molecule has 0 bridgehead atoms. The van der Waals surface area contributed by atoms with Gasteiger partial charge in [-0.3, -0.25) is 0 Å². The average molecular weight is 415 g/mol. The number of aliphatic imine (C=N–C) groups is 1. The highest BCUT2D eigenvalue weighted by molar-refractivity contribution is 5.80. The molecule has 1 aliphatic rings. The van der Waals surface area contributed by atoms with E-state index in [2.05, 4.69) is 27.7 Å². The summed E-state index contributed by atoms with van der Waals surface area (Å²) in [7, 11) is 3.44. The Kier molecular flexibility index (Phi) is 9.05. The lowest BCUT2D eigenvalue weighted by molar-refractivity contribution is 0.128. The highest BCUT2D eigenvalue weighted by atomic mass is 16.5. The molecule has 2 heterocycles. The van der Waals surface area contributed by atoms with Crippen molar-refractivity contribution in [1.82, 2.24) is 15.5 Å². The zero-order valence-electron chi connectivity index (χ0n) is 18.1. The average Bonchev–Trinajstić information content (AvgIpc) is 3.31. The number of piperidine rings is 1. The second-order valence-electron chi connectivity index (χ2n) is 7.52. The van der Waals surface area contributed by atoms with Crippen LogP contribution in [0.5, 0.6) is 5.75 Å². The van der Waals surface area contributed by atoms with E-state index in [4.69, 9.17) is 18.9 Å². The monoisotopic (exact) mass is 414 g/mol. The van der Waals surface area contributed by atoms with E-state index in [9.17, 15) is 0 Å². The van der Waals surface area contributed by atoms with Crippen LogP contribution in [0, 0.1) is 0 Å². The van der Waals surface area contributed by atoms with Gasteiger partial charge in [-0.1, -0.05) is 12.1 Å². The van der Waals surface area contributed by atoms with Crippen LogP contribution in [0.15, 0.2) is 52.1 Å². The van der Waals surface area contributed by atoms with Crippen LogP contribution in [0.25, 0.3) is 0 Å². The Labute approximate surface area is 179 Å². The predicted octanol–water partition coefficient (Wildman–Crippen LogP) is 2.68. The number of hydrogen-bond donors (Lipinski definition) is 2. The minimum absolute atomic E-state index is 0.425. The molecule has 0 radical (unpaired) electrons. The van der Waals surface area contributed by atoms with Crippen molar-refractivity contribution in [1.29, 1.82) is 0 Å². The van der Waals surface area contributed by atoms with E-state index >= 15 is 0 Å². The molecule has 1 fully saturated rings. The smallest absolute Gasteiger partial charge is 0.191 e. The summed E-state index contributed by atoms with van der Waals surface area (Å²) >= 11 is 0. The summed E-state index contributed by atoms with van der Waals surface area (Å²) in [6.45, 7) is 5.35. The van der Waals surface area contributed by atoms with Crippen LogP contribution in [0.2, 0.25) is 0 Å². The van der Waals surface area contributed by atoms with Gasteiger partial charge in [0.25, 0.3) is 0 Å². The van der Waals surface area contributed by atoms with Gasteiger partial charge in [0.15, 0.2) is 5.96 Å². The third-order valence-electron chi connectivity index (χ3n) is 5.36. The van der Waals surface area contributed by atoms with Gasteiger partial charge in [0.1, 0.15) is 11.5 Å². The van der Waals surface area contributed by atoms with E-state index in [1.165, 1.54) is 0 Å². The van der Waals surface area contributed by atoms with Crippen LogP contribution < -0.4 is 15.4 Å². The van der Waals surface area contributed by atoms with Gasteiger partial charge in [0, 0.05) is 45.8 Å². The summed E-state index contributed by atoms with van der Waals surface area (Å²) in [5.74, 6) is 2.69. The Balaban J connectivity index is 1.54. The van der Waals surface area contributed by atoms with Gasteiger partial charge in [-0.25, -0.2) is 4.99 Å². The number of likely N-dealkylation sites (tertiary alicyclic amines) is 1. The highest BCUT2D eigenvalue weighted by Gasteiger charge is 2.19. The van der Waals surface area contributed by atoms with Crippen LogP contribution in [-0.2, 0) is 17.7 Å². The molecule has 2 N–H and O–H groups in total. The van der Waals surface area contributed by atoms with Crippen molar-refractivity contribution < 1.29 is 13.9 Å². The lowest BCUT2D eigenvalue weighted by atomic mass is 10.1. The predicted molar refractivity (Wildman–Crippen MR) is 119 cm³/mol. The third kappa shape index (κ3) is 7.39. The van der Waals surface area contributed by atoms with Crippen molar-refractivity contribution in [2.45, 2.75) is 31.8 Å². The minimum atomic E-state index is 0.425. The van der Waals surface area contributed by atoms with E-state index < -0.39 is 0 Å². The van der Waals surface area contributed by atoms with Gasteiger partial charge in [-0.15, -0.1) is 0 Å². The number of methoxy groups -OCH3 is 2. The zero-order valence-corrected chi connectivity index (χ0v) is 18.1. The molecule has 7 nitrogen and oxygen atoms in total. The molecule has 0 spiro atoms. The molecule has 1 aromatic carbocycles. The van der Waals surface area contributed by atoms with E-state index in [-0.39, 0.29) is 0 Å². The molecule has 1 aliphatic heterocycles. The van der Waals surface area contributed by atoms with Gasteiger partial charge < -0.3 is 29.4 Å². The van der Waals surface area contributed by atoms with E-state index in [0.29, 0.717) is 12.6 Å². The van der Waals surface area contributed by atoms with Gasteiger partial charge in [-0.05, 0) is 42.7 Å². The second kappa shape index (κ2) is 12.2.